The fourth-order valence-corrected chi connectivity index (χ4v) is 4.34. The first kappa shape index (κ1) is 25.6. The topological polar surface area (TPSA) is 148 Å². The molecule has 1 aliphatic rings. The molecule has 0 atom stereocenters. The molecule has 4 heterocycles. The fourth-order valence-electron chi connectivity index (χ4n) is 4.34. The van der Waals surface area contributed by atoms with Crippen LogP contribution in [0.1, 0.15) is 19.4 Å². The summed E-state index contributed by atoms with van der Waals surface area (Å²) in [5, 5.41) is 0.576. The molecule has 0 radical (unpaired) electrons. The van der Waals surface area contributed by atoms with E-state index < -0.39 is 11.2 Å². The van der Waals surface area contributed by atoms with Gasteiger partial charge >= 0.3 is 5.63 Å². The van der Waals surface area contributed by atoms with Crippen LogP contribution in [0.5, 0.6) is 23.0 Å². The van der Waals surface area contributed by atoms with Gasteiger partial charge in [-0.1, -0.05) is 12.1 Å². The van der Waals surface area contributed by atoms with Crippen molar-refractivity contribution < 1.29 is 23.4 Å². The zero-order valence-corrected chi connectivity index (χ0v) is 22.1. The van der Waals surface area contributed by atoms with E-state index in [1.165, 1.54) is 19.8 Å². The average Bonchev–Trinajstić information content (AvgIpc) is 3.41. The Morgan fingerprint density at radius 1 is 0.974 bits per heavy atom. The summed E-state index contributed by atoms with van der Waals surface area (Å²) in [6.07, 6.45) is 6.84. The summed E-state index contributed by atoms with van der Waals surface area (Å²) in [4.78, 5) is 27.3. The minimum Gasteiger partial charge on any atom is -0.497 e. The second-order valence-electron chi connectivity index (χ2n) is 9.12. The fraction of sp³-hybridized carbons (Fsp3) is 0.214. The molecule has 11 nitrogen and oxygen atoms in total. The van der Waals surface area contributed by atoms with Crippen molar-refractivity contribution in [2.45, 2.75) is 19.4 Å². The molecule has 0 amide bonds. The van der Waals surface area contributed by atoms with Crippen molar-refractivity contribution in [3.8, 4) is 34.1 Å². The lowest BCUT2D eigenvalue weighted by atomic mass is 9.98. The number of H-pyrrole nitrogens is 1. The number of anilines is 1. The third-order valence-corrected chi connectivity index (χ3v) is 6.17. The highest BCUT2D eigenvalue weighted by Gasteiger charge is 2.29. The molecule has 0 saturated carbocycles. The van der Waals surface area contributed by atoms with Crippen LogP contribution in [0.3, 0.4) is 0 Å². The number of hydrogen-bond acceptors (Lipinski definition) is 10. The summed E-state index contributed by atoms with van der Waals surface area (Å²) in [7, 11) is 4.68. The maximum atomic E-state index is 12.9. The van der Waals surface area contributed by atoms with Gasteiger partial charge in [0.2, 0.25) is 0 Å². The highest BCUT2D eigenvalue weighted by Crippen LogP contribution is 2.47. The Kier molecular flexibility index (Phi) is 6.57. The summed E-state index contributed by atoms with van der Waals surface area (Å²) >= 11 is 0. The number of aromatic amines is 1. The Labute approximate surface area is 223 Å². The van der Waals surface area contributed by atoms with Gasteiger partial charge in [-0.05, 0) is 43.7 Å². The minimum atomic E-state index is -0.507. The Hall–Kier alpha value is -5.06. The lowest BCUT2D eigenvalue weighted by molar-refractivity contribution is 0.158. The zero-order chi connectivity index (χ0) is 27.7. The Morgan fingerprint density at radius 3 is 2.38 bits per heavy atom. The zero-order valence-electron chi connectivity index (χ0n) is 22.1. The van der Waals surface area contributed by atoms with E-state index in [9.17, 15) is 4.79 Å². The van der Waals surface area contributed by atoms with Crippen molar-refractivity contribution in [1.29, 1.82) is 0 Å². The van der Waals surface area contributed by atoms with Gasteiger partial charge < -0.3 is 34.1 Å². The van der Waals surface area contributed by atoms with E-state index in [0.717, 1.165) is 5.56 Å². The SMILES string of the molecule is COc1ccc(-c2c(OC)c3c(OC)c4c(cc3oc2=O)OC(C)(C)C=C4)cc1.Nc1ncnc2nc[nH]c12. The monoisotopic (exact) mass is 529 g/mol. The molecule has 3 aromatic heterocycles. The number of nitrogens with zero attached hydrogens (tertiary/aromatic N) is 3. The number of nitrogens with one attached hydrogen (secondary N) is 1. The number of methoxy groups -OCH3 is 3. The van der Waals surface area contributed by atoms with E-state index in [0.29, 0.717) is 62.1 Å². The first-order valence-corrected chi connectivity index (χ1v) is 11.9. The molecule has 11 heteroatoms. The Bertz CT molecular complexity index is 1760. The van der Waals surface area contributed by atoms with Gasteiger partial charge in [0.05, 0.1) is 33.2 Å². The number of ether oxygens (including phenoxy) is 4. The largest absolute Gasteiger partial charge is 0.497 e. The van der Waals surface area contributed by atoms with Crippen molar-refractivity contribution >= 4 is 34.0 Å². The van der Waals surface area contributed by atoms with E-state index in [-0.39, 0.29) is 0 Å². The van der Waals surface area contributed by atoms with Gasteiger partial charge in [-0.15, -0.1) is 0 Å². The van der Waals surface area contributed by atoms with Gasteiger partial charge in [0, 0.05) is 6.07 Å². The number of fused-ring (bicyclic) bond motifs is 3. The minimum absolute atomic E-state index is 0.321. The van der Waals surface area contributed by atoms with Crippen LogP contribution in [0.4, 0.5) is 5.82 Å². The van der Waals surface area contributed by atoms with Crippen molar-refractivity contribution in [1.82, 2.24) is 19.9 Å². The maximum absolute atomic E-state index is 12.9. The molecule has 0 spiro atoms. The lowest BCUT2D eigenvalue weighted by Crippen LogP contribution is -2.27. The van der Waals surface area contributed by atoms with E-state index in [2.05, 4.69) is 19.9 Å². The molecule has 39 heavy (non-hydrogen) atoms. The number of benzene rings is 2. The number of nitrogen functional groups attached to an aromatic ring is 1. The van der Waals surface area contributed by atoms with Crippen LogP contribution in [0.25, 0.3) is 39.3 Å². The number of nitrogens with two attached hydrogens (primary N) is 1. The van der Waals surface area contributed by atoms with E-state index in [1.807, 2.05) is 26.0 Å². The molecule has 5 aromatic rings. The first-order valence-electron chi connectivity index (χ1n) is 11.9. The highest BCUT2D eigenvalue weighted by molar-refractivity contribution is 5.99. The quantitative estimate of drug-likeness (QED) is 0.316. The smallest absolute Gasteiger partial charge is 0.347 e. The van der Waals surface area contributed by atoms with Crippen LogP contribution in [-0.4, -0.2) is 46.9 Å². The molecule has 2 aromatic carbocycles. The van der Waals surface area contributed by atoms with Crippen LogP contribution in [0.2, 0.25) is 0 Å². The van der Waals surface area contributed by atoms with Crippen LogP contribution in [-0.2, 0) is 0 Å². The van der Waals surface area contributed by atoms with Crippen LogP contribution < -0.4 is 30.3 Å². The van der Waals surface area contributed by atoms with Crippen LogP contribution in [0.15, 0.2) is 58.3 Å². The number of hydrogen-bond donors (Lipinski definition) is 2. The van der Waals surface area contributed by atoms with Gasteiger partial charge in [-0.3, -0.25) is 0 Å². The summed E-state index contributed by atoms with van der Waals surface area (Å²) in [6.45, 7) is 3.90. The summed E-state index contributed by atoms with van der Waals surface area (Å²) in [5.74, 6) is 2.63. The van der Waals surface area contributed by atoms with Crippen molar-refractivity contribution in [3.63, 3.8) is 0 Å². The van der Waals surface area contributed by atoms with E-state index >= 15 is 0 Å². The normalized spacial score (nSPS) is 13.3. The van der Waals surface area contributed by atoms with E-state index in [1.54, 1.807) is 44.6 Å². The van der Waals surface area contributed by atoms with Gasteiger partial charge in [0.25, 0.3) is 0 Å². The predicted octanol–water partition coefficient (Wildman–Crippen LogP) is 4.61. The molecule has 3 N–H and O–H groups in total. The second-order valence-corrected chi connectivity index (χ2v) is 9.12. The third-order valence-electron chi connectivity index (χ3n) is 6.17. The van der Waals surface area contributed by atoms with Crippen molar-refractivity contribution in [3.05, 3.63) is 65.0 Å². The molecule has 0 bridgehead atoms. The second kappa shape index (κ2) is 10.0. The molecule has 1 aliphatic heterocycles. The molecule has 0 unspecified atom stereocenters. The molecular weight excluding hydrogens is 502 g/mol. The first-order chi connectivity index (χ1) is 18.8. The lowest BCUT2D eigenvalue weighted by Gasteiger charge is -2.29. The number of rotatable bonds is 4. The van der Waals surface area contributed by atoms with Crippen LogP contribution >= 0.6 is 0 Å². The Morgan fingerprint density at radius 2 is 1.72 bits per heavy atom. The molecule has 6 rings (SSSR count). The van der Waals surface area contributed by atoms with Gasteiger partial charge in [0.15, 0.2) is 11.5 Å². The predicted molar refractivity (Wildman–Crippen MR) is 147 cm³/mol. The number of aromatic nitrogens is 4. The van der Waals surface area contributed by atoms with Crippen molar-refractivity contribution in [2.75, 3.05) is 27.1 Å². The van der Waals surface area contributed by atoms with Gasteiger partial charge in [0.1, 0.15) is 57.0 Å². The average molecular weight is 530 g/mol. The number of imidazole rings is 1. The molecular formula is C28H27N5O6. The molecule has 0 aliphatic carbocycles. The summed E-state index contributed by atoms with van der Waals surface area (Å²) in [5.41, 5.74) is 7.89. The highest BCUT2D eigenvalue weighted by atomic mass is 16.5. The maximum Gasteiger partial charge on any atom is 0.347 e. The summed E-state index contributed by atoms with van der Waals surface area (Å²) < 4.78 is 28.3. The molecule has 0 saturated heterocycles. The summed E-state index contributed by atoms with van der Waals surface area (Å²) in [6, 6.07) is 8.84. The van der Waals surface area contributed by atoms with Gasteiger partial charge in [-0.25, -0.2) is 19.7 Å². The molecule has 0 fully saturated rings. The van der Waals surface area contributed by atoms with Gasteiger partial charge in [-0.2, -0.15) is 0 Å². The Balaban J connectivity index is 0.000000257. The molecule has 200 valence electrons. The van der Waals surface area contributed by atoms with Crippen molar-refractivity contribution in [2.24, 2.45) is 0 Å². The third kappa shape index (κ3) is 4.70. The van der Waals surface area contributed by atoms with Crippen LogP contribution in [0, 0.1) is 0 Å². The van der Waals surface area contributed by atoms with E-state index in [4.69, 9.17) is 29.1 Å². The standard InChI is InChI=1S/C23H22O6.C5H5N5/c1-23(2)11-10-15-16(29-23)12-17-19(20(15)26-4)21(27-5)18(22(24)28-17)13-6-8-14(25-3)9-7-13;6-4-3-5(9-1-7-3)10-2-8-4/h6-12H,1-5H3;1-2H,(H3,6,7,8,9,10).